The molecule has 8 N–H and O–H groups in total. The number of hydrogen-bond donors (Lipinski definition) is 8. The highest BCUT2D eigenvalue weighted by Crippen LogP contribution is 2.49. The van der Waals surface area contributed by atoms with Crippen molar-refractivity contribution >= 4 is 69.8 Å². The van der Waals surface area contributed by atoms with Crippen LogP contribution in [-0.2, 0) is 67.2 Å². The van der Waals surface area contributed by atoms with E-state index in [-0.39, 0.29) is 43.4 Å². The van der Waals surface area contributed by atoms with Gasteiger partial charge in [-0.3, -0.25) is 34.7 Å². The van der Waals surface area contributed by atoms with Crippen LogP contribution in [0.2, 0.25) is 5.02 Å². The van der Waals surface area contributed by atoms with Gasteiger partial charge in [0.25, 0.3) is 11.8 Å². The number of likely N-dealkylation sites (N-methyl/N-ethyl adjacent to an activating group) is 1. The molecule has 0 spiro atoms. The van der Waals surface area contributed by atoms with Gasteiger partial charge in [-0.25, -0.2) is 14.6 Å². The number of alkyl carbamates (subject to hydrolysis) is 1. The van der Waals surface area contributed by atoms with Crippen LogP contribution in [0.3, 0.4) is 0 Å². The van der Waals surface area contributed by atoms with Crippen LogP contribution >= 0.6 is 11.6 Å². The van der Waals surface area contributed by atoms with Crippen LogP contribution in [0.15, 0.2) is 66.3 Å². The Hall–Kier alpha value is -6.64. The van der Waals surface area contributed by atoms with Gasteiger partial charge >= 0.3 is 12.1 Å². The van der Waals surface area contributed by atoms with Gasteiger partial charge in [-0.15, -0.1) is 0 Å². The lowest BCUT2D eigenvalue weighted by Crippen LogP contribution is -2.63. The Morgan fingerprint density at radius 3 is 2.34 bits per heavy atom. The van der Waals surface area contributed by atoms with Crippen LogP contribution in [0.5, 0.6) is 5.75 Å². The molecule has 1 aromatic heterocycles. The Kier molecular flexibility index (Phi) is 21.3. The number of hydrogen-bond acceptors (Lipinski definition) is 17. The maximum atomic E-state index is 14.4. The maximum absolute atomic E-state index is 14.4. The molecule has 0 radical (unpaired) electrons. The molecular formula is C55H76ClN9O15. The lowest BCUT2D eigenvalue weighted by atomic mass is 9.83. The van der Waals surface area contributed by atoms with Gasteiger partial charge in [0.05, 0.1) is 31.9 Å². The molecule has 10 atom stereocenters. The molecule has 2 aromatic carbocycles. The van der Waals surface area contributed by atoms with Gasteiger partial charge in [0, 0.05) is 90.8 Å². The van der Waals surface area contributed by atoms with Crippen LogP contribution in [0.1, 0.15) is 64.6 Å². The highest BCUT2D eigenvalue weighted by atomic mass is 35.5. The van der Waals surface area contributed by atoms with Gasteiger partial charge in [0.1, 0.15) is 40.7 Å². The summed E-state index contributed by atoms with van der Waals surface area (Å²) in [4.78, 5) is 95.5. The summed E-state index contributed by atoms with van der Waals surface area (Å²) in [6, 6.07) is 12.1. The molecule has 1 unspecified atom stereocenters. The first-order valence-corrected chi connectivity index (χ1v) is 26.7. The van der Waals surface area contributed by atoms with Crippen LogP contribution in [0, 0.1) is 5.92 Å². The van der Waals surface area contributed by atoms with Crippen molar-refractivity contribution in [2.45, 2.75) is 127 Å². The largest absolute Gasteiger partial charge is 0.495 e. The number of para-hydroxylation sites is 1. The summed E-state index contributed by atoms with van der Waals surface area (Å²) in [7, 11) is 9.40. The van der Waals surface area contributed by atoms with Crippen molar-refractivity contribution in [3.8, 4) is 5.75 Å². The first kappa shape index (κ1) is 62.6. The number of nitrogens with one attached hydrogen (secondary N) is 5. The maximum Gasteiger partial charge on any atom is 0.409 e. The smallest absolute Gasteiger partial charge is 0.409 e. The van der Waals surface area contributed by atoms with Gasteiger partial charge < -0.3 is 69.3 Å². The van der Waals surface area contributed by atoms with E-state index in [0.717, 1.165) is 32.6 Å². The zero-order valence-electron chi connectivity index (χ0n) is 46.9. The number of aliphatic hydroxyl groups is 3. The number of carbonyl (C=O) groups is 7. The number of amides is 6. The van der Waals surface area contributed by atoms with Crippen molar-refractivity contribution in [3.05, 3.63) is 82.5 Å². The van der Waals surface area contributed by atoms with E-state index in [4.69, 9.17) is 35.3 Å². The average Bonchev–Trinajstić information content (AvgIpc) is 4.18. The van der Waals surface area contributed by atoms with E-state index in [2.05, 4.69) is 37.3 Å². The number of aromatic nitrogens is 1. The number of hydrazine groups is 1. The molecule has 3 aliphatic heterocycles. The first-order chi connectivity index (χ1) is 37.8. The zero-order chi connectivity index (χ0) is 58.8. The number of ether oxygens (including phenoxy) is 5. The molecule has 3 aliphatic rings. The molecule has 25 heteroatoms. The monoisotopic (exact) mass is 1140 g/mol. The number of rotatable bonds is 20. The summed E-state index contributed by atoms with van der Waals surface area (Å²) in [6.45, 7) is 7.16. The number of allylic oxidation sites excluding steroid dienone is 3. The number of fused-ring (bicyclic) bond motifs is 6. The predicted molar refractivity (Wildman–Crippen MR) is 294 cm³/mol. The number of epoxide rings is 1. The highest BCUT2D eigenvalue weighted by Gasteiger charge is 2.64. The number of aliphatic hydroxyl groups excluding tert-OH is 2. The van der Waals surface area contributed by atoms with Gasteiger partial charge in [-0.1, -0.05) is 60.5 Å². The number of carbonyl (C=O) groups excluding carboxylic acids is 7. The second-order valence-electron chi connectivity index (χ2n) is 20.7. The lowest BCUT2D eigenvalue weighted by Gasteiger charge is -2.42. The third kappa shape index (κ3) is 15.0. The number of nitrogens with zero attached hydrogens (tertiary/aromatic N) is 4. The Labute approximate surface area is 470 Å². The van der Waals surface area contributed by atoms with Gasteiger partial charge in [0.2, 0.25) is 17.7 Å². The van der Waals surface area contributed by atoms with Crippen molar-refractivity contribution < 1.29 is 72.6 Å². The minimum absolute atomic E-state index is 0.00166. The van der Waals surface area contributed by atoms with Crippen LogP contribution in [0.4, 0.5) is 10.5 Å². The molecular weight excluding hydrogens is 1060 g/mol. The number of halogens is 1. The standard InChI is InChI=1S/C55H76ClN9O15/c1-31-14-13-17-41(77-10)55(75)29-40(78-53(74)61-55)32(2)49-54(4,80-49)42(28-45(68)64(8)38-25-34(24-31)26-39(76-9)46(38)56)79-52(73)33(3)63(7)44(67)18-20-59-50(71)47(69)48(70)51(72)60-22-21-58-43(66)19-23-65-36(30-62(6)57-5)27-35-15-11-12-16-37(35)65/h11-17,25-27,32-33,40-42,47-49,57,69-70,75H,18-24,28-30H2,1-10H3,(H,58,66)(H,59,71)(H,60,72)(H,61,74)/b17-13+,31-14+/t32-,33+,40+,41-,42+,47+,48-,49?,54+,55+/m1/s1. The average molecular weight is 1140 g/mol. The highest BCUT2D eigenvalue weighted by molar-refractivity contribution is 6.35. The summed E-state index contributed by atoms with van der Waals surface area (Å²) in [6.07, 6.45) is -4.67. The molecule has 6 amide bonds. The summed E-state index contributed by atoms with van der Waals surface area (Å²) < 4.78 is 31.3. The van der Waals surface area contributed by atoms with Crippen LogP contribution < -0.4 is 36.3 Å². The molecule has 4 heterocycles. The minimum Gasteiger partial charge on any atom is -0.495 e. The predicted octanol–water partition coefficient (Wildman–Crippen LogP) is 1.59. The Morgan fingerprint density at radius 2 is 1.66 bits per heavy atom. The topological polar surface area (TPSA) is 304 Å². The fraction of sp³-hybridized carbons (Fsp3) is 0.545. The molecule has 4 bridgehead atoms. The van der Waals surface area contributed by atoms with E-state index < -0.39 is 108 Å². The fourth-order valence-corrected chi connectivity index (χ4v) is 10.2. The van der Waals surface area contributed by atoms with Gasteiger partial charge in [-0.2, -0.15) is 0 Å². The summed E-state index contributed by atoms with van der Waals surface area (Å²) in [5.41, 5.74) is 3.71. The van der Waals surface area contributed by atoms with Crippen molar-refractivity contribution in [1.29, 1.82) is 0 Å². The van der Waals surface area contributed by atoms with E-state index in [9.17, 15) is 48.9 Å². The molecule has 0 aliphatic carbocycles. The quantitative estimate of drug-likeness (QED) is 0.0345. The summed E-state index contributed by atoms with van der Waals surface area (Å²) in [5, 5.41) is 45.8. The summed E-state index contributed by atoms with van der Waals surface area (Å²) in [5.74, 6) is -4.97. The fourth-order valence-electron chi connectivity index (χ4n) is 9.86. The van der Waals surface area contributed by atoms with Crippen molar-refractivity contribution in [2.75, 3.05) is 66.9 Å². The number of anilines is 1. The number of benzene rings is 2. The second kappa shape index (κ2) is 27.2. The molecule has 80 heavy (non-hydrogen) atoms. The van der Waals surface area contributed by atoms with E-state index in [1.165, 1.54) is 40.1 Å². The number of esters is 1. The number of methoxy groups -OCH3 is 2. The van der Waals surface area contributed by atoms with E-state index >= 15 is 0 Å². The molecule has 6 rings (SSSR count). The summed E-state index contributed by atoms with van der Waals surface area (Å²) >= 11 is 6.80. The molecule has 438 valence electrons. The molecule has 24 nitrogen and oxygen atoms in total. The molecule has 2 saturated heterocycles. The SMILES string of the molecule is CNN(C)Cc1cc2ccccc2n1CCC(=O)NCCNC(=O)[C@H](O)[C@H](O)C(=O)NCCC(=O)N(C)[C@@H](C)C(=O)O[C@H]1CC(=O)N(C)c2cc(cc(OC)c2Cl)C/C(C)=C/C=C/[C@@H](OC)[C@@]2(O)C[C@H](OC(=O)N2)[C@@H](C)C2O[C@]21C. The lowest BCUT2D eigenvalue weighted by molar-refractivity contribution is -0.162. The molecule has 2 fully saturated rings. The van der Waals surface area contributed by atoms with Crippen LogP contribution in [-0.4, -0.2) is 187 Å². The van der Waals surface area contributed by atoms with Crippen molar-refractivity contribution in [2.24, 2.45) is 5.92 Å². The Bertz CT molecular complexity index is 2830. The first-order valence-electron chi connectivity index (χ1n) is 26.3. The normalized spacial score (nSPS) is 25.4. The van der Waals surface area contributed by atoms with E-state index in [1.54, 1.807) is 38.1 Å². The third-order valence-electron chi connectivity index (χ3n) is 15.0. The van der Waals surface area contributed by atoms with Crippen LogP contribution in [0.25, 0.3) is 10.9 Å². The van der Waals surface area contributed by atoms with E-state index in [1.807, 2.05) is 56.4 Å². The van der Waals surface area contributed by atoms with Crippen molar-refractivity contribution in [1.82, 2.24) is 41.2 Å². The Morgan fingerprint density at radius 1 is 0.988 bits per heavy atom. The van der Waals surface area contributed by atoms with E-state index in [0.29, 0.717) is 30.9 Å². The molecule has 0 saturated carbocycles. The minimum atomic E-state index is -2.22. The number of aryl methyl sites for hydroxylation is 1. The third-order valence-corrected chi connectivity index (χ3v) is 15.4. The molecule has 3 aromatic rings. The van der Waals surface area contributed by atoms with Gasteiger partial charge in [0.15, 0.2) is 17.9 Å². The van der Waals surface area contributed by atoms with Crippen molar-refractivity contribution in [3.63, 3.8) is 0 Å². The second-order valence-corrected chi connectivity index (χ2v) is 21.0. The Balaban J connectivity index is 1.04. The zero-order valence-corrected chi connectivity index (χ0v) is 47.6. The van der Waals surface area contributed by atoms with Gasteiger partial charge in [-0.05, 0) is 69.5 Å².